The van der Waals surface area contributed by atoms with Crippen molar-refractivity contribution in [1.82, 2.24) is 9.55 Å². The van der Waals surface area contributed by atoms with Crippen molar-refractivity contribution < 1.29 is 18.3 Å². The Morgan fingerprint density at radius 1 is 1.43 bits per heavy atom. The van der Waals surface area contributed by atoms with E-state index in [1.165, 1.54) is 5.41 Å². The number of hydrogen-bond donors (Lipinski definition) is 1. The maximum absolute atomic E-state index is 11.6. The van der Waals surface area contributed by atoms with Gasteiger partial charge < -0.3 is 9.67 Å². The van der Waals surface area contributed by atoms with Crippen molar-refractivity contribution in [2.45, 2.75) is 11.2 Å². The minimum absolute atomic E-state index is 0.0199. The average molecular weight is 324 g/mol. The summed E-state index contributed by atoms with van der Waals surface area (Å²) in [6, 6.07) is 7.01. The van der Waals surface area contributed by atoms with Crippen LogP contribution in [0.3, 0.4) is 0 Å². The Bertz CT molecular complexity index is 839. The van der Waals surface area contributed by atoms with Gasteiger partial charge in [0.15, 0.2) is 15.0 Å². The molecule has 0 saturated heterocycles. The van der Waals surface area contributed by atoms with Gasteiger partial charge in [-0.25, -0.2) is 13.4 Å². The molecule has 0 spiro atoms. The number of allylic oxidation sites excluding steroid dienone is 1. The first kappa shape index (κ1) is 14.2. The Balaban J connectivity index is 2.08. The Hall–Kier alpha value is -1.80. The molecule has 0 bridgehead atoms. The topological polar surface area (TPSA) is 89.3 Å². The van der Waals surface area contributed by atoms with Crippen molar-refractivity contribution in [3.8, 4) is 0 Å². The van der Waals surface area contributed by atoms with Gasteiger partial charge in [0.1, 0.15) is 0 Å². The normalized spacial score (nSPS) is 20.1. The first-order valence-corrected chi connectivity index (χ1v) is 8.89. The number of thioether (sulfide) groups is 1. The van der Waals surface area contributed by atoms with E-state index < -0.39 is 15.8 Å². The molecule has 1 aromatic carbocycles. The molecule has 6 nitrogen and oxygen atoms in total. The Morgan fingerprint density at radius 2 is 2.19 bits per heavy atom. The third kappa shape index (κ3) is 2.81. The van der Waals surface area contributed by atoms with Crippen LogP contribution >= 0.6 is 11.8 Å². The van der Waals surface area contributed by atoms with Crippen molar-refractivity contribution in [3.63, 3.8) is 0 Å². The number of aromatic nitrogens is 2. The lowest BCUT2D eigenvalue weighted by Crippen LogP contribution is -2.13. The lowest BCUT2D eigenvalue weighted by molar-refractivity contribution is -0.133. The number of sulfone groups is 1. The molecule has 0 saturated carbocycles. The molecule has 1 aliphatic rings. The predicted octanol–water partition coefficient (Wildman–Crippen LogP) is 1.70. The second kappa shape index (κ2) is 5.19. The molecule has 2 aromatic rings. The number of carboxylic acid groups (broad SMARTS) is 1. The Kier molecular flexibility index (Phi) is 3.50. The zero-order valence-electron chi connectivity index (χ0n) is 10.8. The molecule has 3 rings (SSSR count). The molecule has 1 aromatic heterocycles. The van der Waals surface area contributed by atoms with Gasteiger partial charge in [-0.15, -0.1) is 0 Å². The molecular formula is C13H12N2O4S2. The molecule has 0 aliphatic carbocycles. The monoisotopic (exact) mass is 324 g/mol. The van der Waals surface area contributed by atoms with Crippen LogP contribution in [0.1, 0.15) is 6.04 Å². The molecule has 21 heavy (non-hydrogen) atoms. The number of para-hydroxylation sites is 2. The van der Waals surface area contributed by atoms with Gasteiger partial charge in [-0.2, -0.15) is 0 Å². The van der Waals surface area contributed by atoms with Crippen LogP contribution in [-0.4, -0.2) is 40.6 Å². The van der Waals surface area contributed by atoms with E-state index in [0.29, 0.717) is 5.16 Å². The quantitative estimate of drug-likeness (QED) is 0.861. The molecule has 2 heterocycles. The third-order valence-corrected chi connectivity index (χ3v) is 5.45. The number of aliphatic carboxylic acids is 1. The van der Waals surface area contributed by atoms with Gasteiger partial charge in [-0.1, -0.05) is 23.9 Å². The van der Waals surface area contributed by atoms with Crippen molar-refractivity contribution in [2.75, 3.05) is 11.5 Å². The van der Waals surface area contributed by atoms with Gasteiger partial charge in [0.2, 0.25) is 0 Å². The highest BCUT2D eigenvalue weighted by atomic mass is 32.2. The fraction of sp³-hybridized carbons (Fsp3) is 0.231. The van der Waals surface area contributed by atoms with Crippen molar-refractivity contribution in [2.24, 2.45) is 0 Å². The van der Waals surface area contributed by atoms with E-state index in [-0.39, 0.29) is 17.5 Å². The van der Waals surface area contributed by atoms with Gasteiger partial charge >= 0.3 is 5.97 Å². The zero-order chi connectivity index (χ0) is 15.0. The van der Waals surface area contributed by atoms with Gasteiger partial charge in [-0.3, -0.25) is 4.79 Å². The highest BCUT2D eigenvalue weighted by Crippen LogP contribution is 2.31. The number of nitrogens with zero attached hydrogens (tertiary/aromatic N) is 2. The van der Waals surface area contributed by atoms with Crippen LogP contribution in [0.25, 0.3) is 11.0 Å². The second-order valence-corrected chi connectivity index (χ2v) is 7.53. The van der Waals surface area contributed by atoms with Crippen LogP contribution in [0, 0.1) is 0 Å². The standard InChI is InChI=1S/C13H12N2O4S2/c16-12(17)7-20-13-14-10-3-1-2-4-11(10)15(13)9-5-6-21(18,19)8-9/h1-6,9H,7-8H2,(H,16,17). The van der Waals surface area contributed by atoms with Gasteiger partial charge in [0.25, 0.3) is 0 Å². The number of fused-ring (bicyclic) bond motifs is 1. The highest BCUT2D eigenvalue weighted by Gasteiger charge is 2.27. The molecule has 110 valence electrons. The van der Waals surface area contributed by atoms with E-state index in [2.05, 4.69) is 4.98 Å². The number of imidazole rings is 1. The van der Waals surface area contributed by atoms with Crippen molar-refractivity contribution in [3.05, 3.63) is 35.7 Å². The van der Waals surface area contributed by atoms with Gasteiger partial charge in [0.05, 0.1) is 28.6 Å². The van der Waals surface area contributed by atoms with Gasteiger partial charge in [-0.05, 0) is 18.2 Å². The highest BCUT2D eigenvalue weighted by molar-refractivity contribution is 7.99. The molecule has 8 heteroatoms. The Labute approximate surface area is 125 Å². The lowest BCUT2D eigenvalue weighted by atomic mass is 10.3. The largest absolute Gasteiger partial charge is 0.481 e. The van der Waals surface area contributed by atoms with Crippen LogP contribution in [0.15, 0.2) is 40.9 Å². The first-order valence-electron chi connectivity index (χ1n) is 6.19. The molecule has 0 radical (unpaired) electrons. The summed E-state index contributed by atoms with van der Waals surface area (Å²) in [4.78, 5) is 15.2. The van der Waals surface area contributed by atoms with Crippen LogP contribution in [0.5, 0.6) is 0 Å². The number of benzene rings is 1. The maximum Gasteiger partial charge on any atom is 0.313 e. The first-order chi connectivity index (χ1) is 9.96. The van der Waals surface area contributed by atoms with Crippen LogP contribution in [0.4, 0.5) is 0 Å². The molecular weight excluding hydrogens is 312 g/mol. The van der Waals surface area contributed by atoms with E-state index in [4.69, 9.17) is 5.11 Å². The molecule has 1 atom stereocenters. The smallest absolute Gasteiger partial charge is 0.313 e. The minimum atomic E-state index is -3.19. The van der Waals surface area contributed by atoms with E-state index in [1.54, 1.807) is 10.6 Å². The van der Waals surface area contributed by atoms with Crippen LogP contribution < -0.4 is 0 Å². The number of carbonyl (C=O) groups is 1. The molecule has 1 unspecified atom stereocenters. The van der Waals surface area contributed by atoms with E-state index in [0.717, 1.165) is 22.8 Å². The fourth-order valence-corrected chi connectivity index (χ4v) is 4.35. The Morgan fingerprint density at radius 3 is 2.86 bits per heavy atom. The lowest BCUT2D eigenvalue weighted by Gasteiger charge is -2.13. The summed E-state index contributed by atoms with van der Waals surface area (Å²) in [5, 5.41) is 10.5. The zero-order valence-corrected chi connectivity index (χ0v) is 12.5. The summed E-state index contributed by atoms with van der Waals surface area (Å²) < 4.78 is 25.1. The predicted molar refractivity (Wildman–Crippen MR) is 80.1 cm³/mol. The third-order valence-electron chi connectivity index (χ3n) is 3.13. The van der Waals surface area contributed by atoms with Crippen molar-refractivity contribution in [1.29, 1.82) is 0 Å². The molecule has 0 amide bonds. The number of carboxylic acids is 1. The fourth-order valence-electron chi connectivity index (χ4n) is 2.29. The summed E-state index contributed by atoms with van der Waals surface area (Å²) in [7, 11) is -3.19. The molecule has 0 fully saturated rings. The summed E-state index contributed by atoms with van der Waals surface area (Å²) in [5.74, 6) is -1.08. The van der Waals surface area contributed by atoms with E-state index >= 15 is 0 Å². The summed E-state index contributed by atoms with van der Waals surface area (Å²) in [6.45, 7) is 0. The summed E-state index contributed by atoms with van der Waals surface area (Å²) in [5.41, 5.74) is 1.53. The molecule has 1 N–H and O–H groups in total. The average Bonchev–Trinajstić information content (AvgIpc) is 2.95. The van der Waals surface area contributed by atoms with Gasteiger partial charge in [0, 0.05) is 5.41 Å². The number of rotatable bonds is 4. The van der Waals surface area contributed by atoms with Crippen LogP contribution in [-0.2, 0) is 14.6 Å². The maximum atomic E-state index is 11.6. The SMILES string of the molecule is O=C(O)CSc1nc2ccccc2n1C1C=CS(=O)(=O)C1. The minimum Gasteiger partial charge on any atom is -0.481 e. The number of hydrogen-bond acceptors (Lipinski definition) is 5. The van der Waals surface area contributed by atoms with Crippen LogP contribution in [0.2, 0.25) is 0 Å². The van der Waals surface area contributed by atoms with E-state index in [1.807, 2.05) is 24.3 Å². The van der Waals surface area contributed by atoms with Crippen molar-refractivity contribution >= 4 is 38.6 Å². The summed E-state index contributed by atoms with van der Waals surface area (Å²) in [6.07, 6.45) is 1.62. The molecule has 1 aliphatic heterocycles. The second-order valence-electron chi connectivity index (χ2n) is 4.66. The van der Waals surface area contributed by atoms with E-state index in [9.17, 15) is 13.2 Å². The summed E-state index contributed by atoms with van der Waals surface area (Å²) >= 11 is 1.09.